The zero-order chi connectivity index (χ0) is 24.0. The van der Waals surface area contributed by atoms with E-state index < -0.39 is 38.6 Å². The third-order valence-electron chi connectivity index (χ3n) is 4.69. The molecule has 172 valence electrons. The Kier molecular flexibility index (Phi) is 7.52. The van der Waals surface area contributed by atoms with Crippen molar-refractivity contribution in [3.05, 3.63) is 84.4 Å². The number of nitrogens with one attached hydrogen (secondary N) is 3. The van der Waals surface area contributed by atoms with Crippen LogP contribution in [0.3, 0.4) is 0 Å². The number of nitrogens with zero attached hydrogens (tertiary/aromatic N) is 1. The Hall–Kier alpha value is -3.63. The van der Waals surface area contributed by atoms with E-state index in [4.69, 9.17) is 0 Å². The number of amides is 2. The lowest BCUT2D eigenvalue weighted by Crippen LogP contribution is -2.47. The smallest absolute Gasteiger partial charge is 0.255 e. The molecule has 0 spiro atoms. The van der Waals surface area contributed by atoms with Gasteiger partial charge in [-0.1, -0.05) is 32.0 Å². The van der Waals surface area contributed by atoms with E-state index in [0.29, 0.717) is 16.9 Å². The van der Waals surface area contributed by atoms with Crippen molar-refractivity contribution in [2.24, 2.45) is 5.92 Å². The van der Waals surface area contributed by atoms with E-state index in [9.17, 15) is 22.4 Å². The van der Waals surface area contributed by atoms with Crippen molar-refractivity contribution < 1.29 is 22.4 Å². The molecule has 1 atom stereocenters. The van der Waals surface area contributed by atoms with Gasteiger partial charge in [0.25, 0.3) is 5.91 Å². The second-order valence-corrected chi connectivity index (χ2v) is 9.22. The fourth-order valence-electron chi connectivity index (χ4n) is 2.99. The molecule has 3 N–H and O–H groups in total. The summed E-state index contributed by atoms with van der Waals surface area (Å²) in [4.78, 5) is 28.5. The third-order valence-corrected chi connectivity index (χ3v) is 6.16. The first-order valence-electron chi connectivity index (χ1n) is 10.1. The maximum absolute atomic E-state index is 14.0. The van der Waals surface area contributed by atoms with Gasteiger partial charge in [-0.25, -0.2) is 12.8 Å². The highest BCUT2D eigenvalue weighted by Gasteiger charge is 2.30. The number of pyridine rings is 1. The van der Waals surface area contributed by atoms with E-state index in [1.165, 1.54) is 24.5 Å². The van der Waals surface area contributed by atoms with Crippen molar-refractivity contribution in [1.82, 2.24) is 9.71 Å². The number of benzene rings is 2. The van der Waals surface area contributed by atoms with Crippen LogP contribution in [0.2, 0.25) is 0 Å². The summed E-state index contributed by atoms with van der Waals surface area (Å²) in [6, 6.07) is 13.3. The average molecular weight is 471 g/mol. The third kappa shape index (κ3) is 6.21. The monoisotopic (exact) mass is 470 g/mol. The Bertz CT molecular complexity index is 1250. The molecule has 0 unspecified atom stereocenters. The van der Waals surface area contributed by atoms with Crippen LogP contribution < -0.4 is 15.4 Å². The number of hydrogen-bond acceptors (Lipinski definition) is 5. The number of carbonyl (C=O) groups is 2. The second-order valence-electron chi connectivity index (χ2n) is 7.53. The summed E-state index contributed by atoms with van der Waals surface area (Å²) in [5.74, 6) is -2.31. The van der Waals surface area contributed by atoms with Crippen LogP contribution in [0.5, 0.6) is 0 Å². The van der Waals surface area contributed by atoms with E-state index in [1.807, 2.05) is 0 Å². The Balaban J connectivity index is 1.74. The SMILES string of the molecule is CC(C)[C@H](NS(=O)(=O)c1ccccc1F)C(=O)Nc1cccc(NC(=O)c2ccncc2)c1. The molecule has 3 rings (SSSR count). The van der Waals surface area contributed by atoms with E-state index in [2.05, 4.69) is 20.3 Å². The van der Waals surface area contributed by atoms with E-state index >= 15 is 0 Å². The van der Waals surface area contributed by atoms with Gasteiger partial charge in [0.05, 0.1) is 0 Å². The van der Waals surface area contributed by atoms with Gasteiger partial charge in [-0.3, -0.25) is 14.6 Å². The summed E-state index contributed by atoms with van der Waals surface area (Å²) in [6.07, 6.45) is 3.00. The first-order chi connectivity index (χ1) is 15.7. The molecule has 33 heavy (non-hydrogen) atoms. The number of anilines is 2. The molecule has 3 aromatic rings. The minimum Gasteiger partial charge on any atom is -0.325 e. The van der Waals surface area contributed by atoms with Gasteiger partial charge in [0.1, 0.15) is 16.8 Å². The topological polar surface area (TPSA) is 117 Å². The summed E-state index contributed by atoms with van der Waals surface area (Å²) in [7, 11) is -4.28. The van der Waals surface area contributed by atoms with E-state index in [0.717, 1.165) is 12.1 Å². The fraction of sp³-hybridized carbons (Fsp3) is 0.174. The average Bonchev–Trinajstić information content (AvgIpc) is 2.78. The summed E-state index contributed by atoms with van der Waals surface area (Å²) in [6.45, 7) is 3.33. The highest BCUT2D eigenvalue weighted by molar-refractivity contribution is 7.89. The Labute approximate surface area is 191 Å². The van der Waals surface area contributed by atoms with Crippen LogP contribution in [0.1, 0.15) is 24.2 Å². The van der Waals surface area contributed by atoms with Gasteiger partial charge in [-0.05, 0) is 48.4 Å². The predicted octanol–water partition coefficient (Wildman–Crippen LogP) is 3.41. The van der Waals surface area contributed by atoms with Crippen LogP contribution in [0.15, 0.2) is 78.0 Å². The van der Waals surface area contributed by atoms with E-state index in [1.54, 1.807) is 50.2 Å². The summed E-state index contributed by atoms with van der Waals surface area (Å²) >= 11 is 0. The maximum Gasteiger partial charge on any atom is 0.255 e. The van der Waals surface area contributed by atoms with E-state index in [-0.39, 0.29) is 5.91 Å². The minimum atomic E-state index is -4.28. The number of halogens is 1. The van der Waals surface area contributed by atoms with Crippen LogP contribution in [-0.4, -0.2) is 31.3 Å². The molecule has 2 aromatic carbocycles. The molecule has 8 nitrogen and oxygen atoms in total. The highest BCUT2D eigenvalue weighted by Crippen LogP contribution is 2.19. The largest absolute Gasteiger partial charge is 0.325 e. The Morgan fingerprint density at radius 1 is 0.909 bits per heavy atom. The van der Waals surface area contributed by atoms with Gasteiger partial charge in [0, 0.05) is 29.3 Å². The zero-order valence-corrected chi connectivity index (χ0v) is 18.8. The van der Waals surface area contributed by atoms with Gasteiger partial charge < -0.3 is 10.6 Å². The summed E-state index contributed by atoms with van der Waals surface area (Å²) in [5.41, 5.74) is 1.20. The van der Waals surface area contributed by atoms with Gasteiger partial charge in [0.15, 0.2) is 0 Å². The molecule has 0 aliphatic carbocycles. The quantitative estimate of drug-likeness (QED) is 0.466. The maximum atomic E-state index is 14.0. The van der Waals surface area contributed by atoms with Crippen molar-refractivity contribution >= 4 is 33.2 Å². The number of sulfonamides is 1. The molecule has 0 saturated heterocycles. The molecule has 0 aliphatic rings. The van der Waals surface area contributed by atoms with Crippen LogP contribution in [0, 0.1) is 11.7 Å². The number of aromatic nitrogens is 1. The first kappa shape index (κ1) is 24.0. The molecule has 2 amide bonds. The normalized spacial score (nSPS) is 12.2. The number of hydrogen-bond donors (Lipinski definition) is 3. The van der Waals surface area contributed by atoms with Crippen molar-refractivity contribution in [3.8, 4) is 0 Å². The molecule has 10 heteroatoms. The molecule has 1 heterocycles. The van der Waals surface area contributed by atoms with Crippen LogP contribution in [0.4, 0.5) is 15.8 Å². The van der Waals surface area contributed by atoms with Crippen molar-refractivity contribution in [2.45, 2.75) is 24.8 Å². The van der Waals surface area contributed by atoms with Gasteiger partial charge in [-0.15, -0.1) is 0 Å². The van der Waals surface area contributed by atoms with Gasteiger partial charge in [0.2, 0.25) is 15.9 Å². The summed E-state index contributed by atoms with van der Waals surface area (Å²) in [5, 5.41) is 5.36. The summed E-state index contributed by atoms with van der Waals surface area (Å²) < 4.78 is 41.6. The molecular formula is C23H23FN4O4S. The van der Waals surface area contributed by atoms with Gasteiger partial charge in [-0.2, -0.15) is 4.72 Å². The fourth-order valence-corrected chi connectivity index (χ4v) is 4.41. The zero-order valence-electron chi connectivity index (χ0n) is 17.9. The minimum absolute atomic E-state index is 0.349. The predicted molar refractivity (Wildman–Crippen MR) is 123 cm³/mol. The number of rotatable bonds is 8. The molecule has 0 radical (unpaired) electrons. The Morgan fingerprint density at radius 2 is 1.55 bits per heavy atom. The molecule has 1 aromatic heterocycles. The van der Waals surface area contributed by atoms with Crippen molar-refractivity contribution in [3.63, 3.8) is 0 Å². The second kappa shape index (κ2) is 10.3. The molecule has 0 saturated carbocycles. The molecule has 0 aliphatic heterocycles. The van der Waals surface area contributed by atoms with Crippen LogP contribution in [0.25, 0.3) is 0 Å². The van der Waals surface area contributed by atoms with Gasteiger partial charge >= 0.3 is 0 Å². The Morgan fingerprint density at radius 3 is 2.18 bits per heavy atom. The number of carbonyl (C=O) groups excluding carboxylic acids is 2. The highest BCUT2D eigenvalue weighted by atomic mass is 32.2. The lowest BCUT2D eigenvalue weighted by Gasteiger charge is -2.22. The lowest BCUT2D eigenvalue weighted by atomic mass is 10.0. The molecule has 0 bridgehead atoms. The van der Waals surface area contributed by atoms with Crippen molar-refractivity contribution in [2.75, 3.05) is 10.6 Å². The first-order valence-corrected chi connectivity index (χ1v) is 11.5. The lowest BCUT2D eigenvalue weighted by molar-refractivity contribution is -0.118. The van der Waals surface area contributed by atoms with Crippen LogP contribution in [-0.2, 0) is 14.8 Å². The molecular weight excluding hydrogens is 447 g/mol. The molecule has 0 fully saturated rings. The van der Waals surface area contributed by atoms with Crippen LogP contribution >= 0.6 is 0 Å². The standard InChI is InChI=1S/C23H23FN4O4S/c1-15(2)21(28-33(31,32)20-9-4-3-8-19(20)24)23(30)27-18-7-5-6-17(14-18)26-22(29)16-10-12-25-13-11-16/h3-15,21,28H,1-2H3,(H,26,29)(H,27,30)/t21-/m0/s1. The van der Waals surface area contributed by atoms with Crippen molar-refractivity contribution in [1.29, 1.82) is 0 Å².